The van der Waals surface area contributed by atoms with E-state index in [4.69, 9.17) is 21.3 Å². The molecule has 31 heavy (non-hydrogen) atoms. The summed E-state index contributed by atoms with van der Waals surface area (Å²) in [5.74, 6) is 2.70. The Morgan fingerprint density at radius 2 is 1.97 bits per heavy atom. The van der Waals surface area contributed by atoms with Gasteiger partial charge in [-0.05, 0) is 37.5 Å². The second-order valence-electron chi connectivity index (χ2n) is 8.27. The first-order valence-electron chi connectivity index (χ1n) is 11.0. The van der Waals surface area contributed by atoms with E-state index in [1.165, 1.54) is 5.56 Å². The molecular weight excluding hydrogens is 414 g/mol. The summed E-state index contributed by atoms with van der Waals surface area (Å²) in [6.07, 6.45) is 2.52. The molecule has 1 unspecified atom stereocenters. The maximum atomic E-state index is 6.01. The van der Waals surface area contributed by atoms with Crippen molar-refractivity contribution in [3.8, 4) is 0 Å². The average Bonchev–Trinajstić information content (AvgIpc) is 3.41. The first-order valence-corrected chi connectivity index (χ1v) is 11.4. The summed E-state index contributed by atoms with van der Waals surface area (Å²) in [5, 5.41) is 12.7. The third-order valence-corrected chi connectivity index (χ3v) is 6.31. The molecule has 4 rings (SSSR count). The highest BCUT2D eigenvalue weighted by Gasteiger charge is 2.22. The molecule has 2 saturated heterocycles. The number of hydrogen-bond donors (Lipinski definition) is 1. The van der Waals surface area contributed by atoms with Gasteiger partial charge in [0, 0.05) is 57.9 Å². The van der Waals surface area contributed by atoms with Gasteiger partial charge < -0.3 is 19.5 Å². The number of rotatable bonds is 6. The lowest BCUT2D eigenvalue weighted by Crippen LogP contribution is -2.53. The number of halogens is 1. The van der Waals surface area contributed by atoms with E-state index in [9.17, 15) is 0 Å². The molecule has 8 nitrogen and oxygen atoms in total. The maximum Gasteiger partial charge on any atom is 0.194 e. The van der Waals surface area contributed by atoms with E-state index >= 15 is 0 Å². The summed E-state index contributed by atoms with van der Waals surface area (Å²) in [5.41, 5.74) is 1.29. The summed E-state index contributed by atoms with van der Waals surface area (Å²) >= 11 is 6.01. The maximum absolute atomic E-state index is 6.01. The average molecular weight is 446 g/mol. The van der Waals surface area contributed by atoms with Crippen molar-refractivity contribution in [1.29, 1.82) is 0 Å². The van der Waals surface area contributed by atoms with Gasteiger partial charge in [0.1, 0.15) is 12.4 Å². The number of benzene rings is 1. The van der Waals surface area contributed by atoms with E-state index < -0.39 is 0 Å². The fourth-order valence-corrected chi connectivity index (χ4v) is 4.10. The van der Waals surface area contributed by atoms with Crippen molar-refractivity contribution in [2.24, 2.45) is 12.0 Å². The van der Waals surface area contributed by atoms with Gasteiger partial charge >= 0.3 is 0 Å². The van der Waals surface area contributed by atoms with Crippen LogP contribution in [0.25, 0.3) is 0 Å². The molecule has 0 radical (unpaired) electrons. The van der Waals surface area contributed by atoms with Crippen LogP contribution in [0.15, 0.2) is 29.3 Å². The zero-order valence-corrected chi connectivity index (χ0v) is 19.2. The number of ether oxygens (including phenoxy) is 1. The minimum Gasteiger partial charge on any atom is -0.376 e. The number of aryl methyl sites for hydroxylation is 1. The van der Waals surface area contributed by atoms with Crippen molar-refractivity contribution in [2.45, 2.75) is 39.0 Å². The Morgan fingerprint density at radius 3 is 2.61 bits per heavy atom. The zero-order chi connectivity index (χ0) is 21.6. The number of aliphatic imine (C=N–C) groups is 1. The normalized spacial score (nSPS) is 20.4. The van der Waals surface area contributed by atoms with Crippen molar-refractivity contribution in [3.63, 3.8) is 0 Å². The van der Waals surface area contributed by atoms with E-state index in [-0.39, 0.29) is 6.10 Å². The second kappa shape index (κ2) is 10.4. The van der Waals surface area contributed by atoms with Gasteiger partial charge in [-0.1, -0.05) is 23.7 Å². The Bertz CT molecular complexity index is 868. The molecule has 2 aliphatic rings. The first kappa shape index (κ1) is 22.0. The molecule has 9 heteroatoms. The molecule has 1 aromatic carbocycles. The van der Waals surface area contributed by atoms with Crippen LogP contribution in [-0.4, -0.2) is 76.0 Å². The fraction of sp³-hybridized carbons (Fsp3) is 0.591. The number of nitrogens with one attached hydrogen (secondary N) is 1. The van der Waals surface area contributed by atoms with Gasteiger partial charge in [0.2, 0.25) is 0 Å². The third kappa shape index (κ3) is 5.96. The Kier molecular flexibility index (Phi) is 7.42. The van der Waals surface area contributed by atoms with Gasteiger partial charge in [-0.15, -0.1) is 10.2 Å². The molecule has 2 fully saturated rings. The number of aromatic nitrogens is 3. The van der Waals surface area contributed by atoms with Crippen LogP contribution in [0.2, 0.25) is 5.02 Å². The number of nitrogens with zero attached hydrogens (tertiary/aromatic N) is 6. The molecule has 0 bridgehead atoms. The van der Waals surface area contributed by atoms with Crippen molar-refractivity contribution < 1.29 is 4.74 Å². The molecule has 168 valence electrons. The molecule has 2 aliphatic heterocycles. The molecule has 1 atom stereocenters. The molecule has 2 aromatic rings. The first-order chi connectivity index (χ1) is 15.1. The summed E-state index contributed by atoms with van der Waals surface area (Å²) in [4.78, 5) is 9.71. The van der Waals surface area contributed by atoms with Crippen molar-refractivity contribution >= 4 is 17.6 Å². The van der Waals surface area contributed by atoms with E-state index in [0.717, 1.165) is 81.3 Å². The number of hydrogen-bond acceptors (Lipinski definition) is 5. The molecule has 0 saturated carbocycles. The molecule has 0 spiro atoms. The predicted octanol–water partition coefficient (Wildman–Crippen LogP) is 2.22. The standard InChI is InChI=1S/C22H32ClN7O/c1-17-26-27-21(28(17)2)15-25-22(24-14-20-4-3-13-31-20)30-11-9-29(10-12-30)16-18-5-7-19(23)8-6-18/h5-8,20H,3-4,9-16H2,1-2H3,(H,24,25). The van der Waals surface area contributed by atoms with Gasteiger partial charge in [0.15, 0.2) is 11.8 Å². The molecule has 0 aliphatic carbocycles. The third-order valence-electron chi connectivity index (χ3n) is 6.06. The van der Waals surface area contributed by atoms with Crippen LogP contribution in [0.1, 0.15) is 30.1 Å². The Morgan fingerprint density at radius 1 is 1.19 bits per heavy atom. The fourth-order valence-electron chi connectivity index (χ4n) is 3.98. The number of piperazine rings is 1. The lowest BCUT2D eigenvalue weighted by Gasteiger charge is -2.37. The summed E-state index contributed by atoms with van der Waals surface area (Å²) < 4.78 is 7.78. The van der Waals surface area contributed by atoms with E-state index in [1.54, 1.807) is 0 Å². The van der Waals surface area contributed by atoms with Crippen LogP contribution in [0.3, 0.4) is 0 Å². The second-order valence-corrected chi connectivity index (χ2v) is 8.70. The van der Waals surface area contributed by atoms with Gasteiger partial charge in [-0.2, -0.15) is 0 Å². The quantitative estimate of drug-likeness (QED) is 0.543. The summed E-state index contributed by atoms with van der Waals surface area (Å²) in [7, 11) is 1.98. The smallest absolute Gasteiger partial charge is 0.194 e. The van der Waals surface area contributed by atoms with Crippen LogP contribution in [-0.2, 0) is 24.9 Å². The van der Waals surface area contributed by atoms with Crippen LogP contribution < -0.4 is 5.32 Å². The lowest BCUT2D eigenvalue weighted by atomic mass is 10.2. The van der Waals surface area contributed by atoms with Gasteiger partial charge in [0.05, 0.1) is 6.10 Å². The zero-order valence-electron chi connectivity index (χ0n) is 18.4. The Labute approximate surface area is 189 Å². The van der Waals surface area contributed by atoms with E-state index in [2.05, 4.69) is 37.4 Å². The van der Waals surface area contributed by atoms with Gasteiger partial charge in [-0.25, -0.2) is 4.99 Å². The van der Waals surface area contributed by atoms with Gasteiger partial charge in [0.25, 0.3) is 0 Å². The van der Waals surface area contributed by atoms with Crippen LogP contribution in [0, 0.1) is 6.92 Å². The minimum atomic E-state index is 0.272. The highest BCUT2D eigenvalue weighted by atomic mass is 35.5. The van der Waals surface area contributed by atoms with Crippen LogP contribution >= 0.6 is 11.6 Å². The highest BCUT2D eigenvalue weighted by Crippen LogP contribution is 2.14. The van der Waals surface area contributed by atoms with Crippen molar-refractivity contribution in [1.82, 2.24) is 29.9 Å². The molecule has 3 heterocycles. The molecule has 1 aromatic heterocycles. The molecule has 1 N–H and O–H groups in total. The largest absolute Gasteiger partial charge is 0.376 e. The Hall–Kier alpha value is -2.16. The molecule has 0 amide bonds. The van der Waals surface area contributed by atoms with E-state index in [0.29, 0.717) is 6.54 Å². The van der Waals surface area contributed by atoms with Gasteiger partial charge in [-0.3, -0.25) is 4.90 Å². The van der Waals surface area contributed by atoms with Crippen molar-refractivity contribution in [2.75, 3.05) is 39.3 Å². The highest BCUT2D eigenvalue weighted by molar-refractivity contribution is 6.30. The monoisotopic (exact) mass is 445 g/mol. The SMILES string of the molecule is Cc1nnc(CN=C(NCC2CCCO2)N2CCN(Cc3ccc(Cl)cc3)CC2)n1C. The van der Waals surface area contributed by atoms with Crippen molar-refractivity contribution in [3.05, 3.63) is 46.5 Å². The topological polar surface area (TPSA) is 70.8 Å². The van der Waals surface area contributed by atoms with E-state index in [1.807, 2.05) is 30.7 Å². The lowest BCUT2D eigenvalue weighted by molar-refractivity contribution is 0.112. The predicted molar refractivity (Wildman–Crippen MR) is 122 cm³/mol. The summed E-state index contributed by atoms with van der Waals surface area (Å²) in [6.45, 7) is 8.91. The Balaban J connectivity index is 1.36. The number of guanidine groups is 1. The van der Waals surface area contributed by atoms with Crippen LogP contribution in [0.5, 0.6) is 0 Å². The minimum absolute atomic E-state index is 0.272. The van der Waals surface area contributed by atoms with Crippen LogP contribution in [0.4, 0.5) is 0 Å². The summed E-state index contributed by atoms with van der Waals surface area (Å²) in [6, 6.07) is 8.13. The molecular formula is C22H32ClN7O.